The van der Waals surface area contributed by atoms with Crippen LogP contribution in [-0.2, 0) is 9.84 Å². The van der Waals surface area contributed by atoms with Gasteiger partial charge in [0.05, 0.1) is 4.99 Å². The van der Waals surface area contributed by atoms with Crippen LogP contribution in [0, 0.1) is 0 Å². The molecular weight excluding hydrogens is 182 g/mol. The van der Waals surface area contributed by atoms with Crippen LogP contribution in [0.2, 0.25) is 0 Å². The lowest BCUT2D eigenvalue weighted by atomic mass is 9.84. The van der Waals surface area contributed by atoms with Crippen LogP contribution in [0.3, 0.4) is 0 Å². The van der Waals surface area contributed by atoms with E-state index in [1.165, 1.54) is 6.26 Å². The zero-order valence-corrected chi connectivity index (χ0v) is 7.96. The summed E-state index contributed by atoms with van der Waals surface area (Å²) in [5.74, 6) is 0. The highest BCUT2D eigenvalue weighted by Gasteiger charge is 2.48. The van der Waals surface area contributed by atoms with Gasteiger partial charge in [-0.3, -0.25) is 0 Å². The van der Waals surface area contributed by atoms with Crippen LogP contribution < -0.4 is 5.73 Å². The van der Waals surface area contributed by atoms with Gasteiger partial charge in [-0.25, -0.2) is 8.42 Å². The number of hydrogen-bond donors (Lipinski definition) is 1. The fourth-order valence-electron chi connectivity index (χ4n) is 1.30. The van der Waals surface area contributed by atoms with Gasteiger partial charge in [-0.15, -0.1) is 0 Å². The summed E-state index contributed by atoms with van der Waals surface area (Å²) in [7, 11) is -3.09. The molecule has 0 aliphatic heterocycles. The smallest absolute Gasteiger partial charge is 0.159 e. The Kier molecular flexibility index (Phi) is 1.96. The van der Waals surface area contributed by atoms with E-state index in [9.17, 15) is 8.42 Å². The fourth-order valence-corrected chi connectivity index (χ4v) is 3.35. The van der Waals surface area contributed by atoms with Gasteiger partial charge in [0.25, 0.3) is 0 Å². The van der Waals surface area contributed by atoms with Crippen molar-refractivity contribution in [3.8, 4) is 0 Å². The molecule has 0 aromatic rings. The number of sulfone groups is 1. The third-order valence-electron chi connectivity index (χ3n) is 2.32. The molecule has 1 aliphatic rings. The number of rotatable bonds is 2. The van der Waals surface area contributed by atoms with Crippen molar-refractivity contribution in [2.24, 2.45) is 5.73 Å². The maximum atomic E-state index is 11.2. The molecule has 11 heavy (non-hydrogen) atoms. The molecule has 0 bridgehead atoms. The van der Waals surface area contributed by atoms with Gasteiger partial charge in [0.15, 0.2) is 9.84 Å². The van der Waals surface area contributed by atoms with E-state index in [-0.39, 0.29) is 4.99 Å². The maximum Gasteiger partial charge on any atom is 0.159 e. The SMILES string of the molecule is CS(=O)(=O)C1(C(N)=S)CCC1. The molecule has 1 aliphatic carbocycles. The van der Waals surface area contributed by atoms with Crippen LogP contribution in [0.5, 0.6) is 0 Å². The molecule has 0 heterocycles. The minimum atomic E-state index is -3.09. The Morgan fingerprint density at radius 2 is 2.00 bits per heavy atom. The molecule has 0 atom stereocenters. The van der Waals surface area contributed by atoms with Crippen molar-refractivity contribution in [2.75, 3.05) is 6.26 Å². The highest BCUT2D eigenvalue weighted by Crippen LogP contribution is 2.39. The summed E-state index contributed by atoms with van der Waals surface area (Å²) in [6.45, 7) is 0. The van der Waals surface area contributed by atoms with Crippen LogP contribution in [0.15, 0.2) is 0 Å². The first-order valence-corrected chi connectivity index (χ1v) is 5.70. The van der Waals surface area contributed by atoms with Crippen LogP contribution >= 0.6 is 12.2 Å². The second-order valence-electron chi connectivity index (χ2n) is 2.98. The van der Waals surface area contributed by atoms with Gasteiger partial charge in [0.2, 0.25) is 0 Å². The Bertz CT molecular complexity index is 277. The minimum absolute atomic E-state index is 0.131. The van der Waals surface area contributed by atoms with E-state index in [2.05, 4.69) is 0 Å². The van der Waals surface area contributed by atoms with Crippen LogP contribution in [-0.4, -0.2) is 24.4 Å². The summed E-state index contributed by atoms with van der Waals surface area (Å²) < 4.78 is 21.6. The Morgan fingerprint density at radius 3 is 2.00 bits per heavy atom. The molecule has 0 radical (unpaired) electrons. The number of thiocarbonyl (C=S) groups is 1. The molecule has 1 rings (SSSR count). The first kappa shape index (κ1) is 8.93. The minimum Gasteiger partial charge on any atom is -0.392 e. The summed E-state index contributed by atoms with van der Waals surface area (Å²) in [5, 5.41) is 0. The molecule has 3 nitrogen and oxygen atoms in total. The quantitative estimate of drug-likeness (QED) is 0.638. The molecule has 0 amide bonds. The average Bonchev–Trinajstić information content (AvgIpc) is 1.52. The van der Waals surface area contributed by atoms with Gasteiger partial charge in [-0.1, -0.05) is 12.2 Å². The Balaban J connectivity index is 3.04. The molecule has 1 saturated carbocycles. The summed E-state index contributed by atoms with van der Waals surface area (Å²) in [6.07, 6.45) is 3.30. The van der Waals surface area contributed by atoms with E-state index in [0.29, 0.717) is 12.8 Å². The molecular formula is C6H11NO2S2. The lowest BCUT2D eigenvalue weighted by Gasteiger charge is -2.38. The molecule has 1 fully saturated rings. The van der Waals surface area contributed by atoms with Gasteiger partial charge in [-0.2, -0.15) is 0 Å². The van der Waals surface area contributed by atoms with Crippen molar-refractivity contribution in [2.45, 2.75) is 24.0 Å². The summed E-state index contributed by atoms with van der Waals surface area (Å²) in [4.78, 5) is 0.131. The van der Waals surface area contributed by atoms with Crippen LogP contribution in [0.1, 0.15) is 19.3 Å². The zero-order chi connectivity index (χ0) is 8.70. The van der Waals surface area contributed by atoms with Crippen molar-refractivity contribution in [3.05, 3.63) is 0 Å². The molecule has 0 spiro atoms. The lowest BCUT2D eigenvalue weighted by Crippen LogP contribution is -2.54. The van der Waals surface area contributed by atoms with Crippen molar-refractivity contribution < 1.29 is 8.42 Å². The van der Waals surface area contributed by atoms with E-state index >= 15 is 0 Å². The van der Waals surface area contributed by atoms with Gasteiger partial charge >= 0.3 is 0 Å². The third-order valence-corrected chi connectivity index (χ3v) is 4.89. The topological polar surface area (TPSA) is 60.2 Å². The Morgan fingerprint density at radius 1 is 1.55 bits per heavy atom. The van der Waals surface area contributed by atoms with Crippen LogP contribution in [0.25, 0.3) is 0 Å². The molecule has 0 unspecified atom stereocenters. The van der Waals surface area contributed by atoms with E-state index in [4.69, 9.17) is 18.0 Å². The molecule has 0 aromatic heterocycles. The molecule has 0 aromatic carbocycles. The van der Waals surface area contributed by atoms with Crippen LogP contribution in [0.4, 0.5) is 0 Å². The van der Waals surface area contributed by atoms with E-state index in [1.54, 1.807) is 0 Å². The lowest BCUT2D eigenvalue weighted by molar-refractivity contribution is 0.424. The van der Waals surface area contributed by atoms with Crippen molar-refractivity contribution >= 4 is 27.0 Å². The second-order valence-corrected chi connectivity index (χ2v) is 5.75. The average molecular weight is 193 g/mol. The first-order chi connectivity index (χ1) is 4.90. The van der Waals surface area contributed by atoms with Crippen molar-refractivity contribution in [1.29, 1.82) is 0 Å². The highest BCUT2D eigenvalue weighted by molar-refractivity contribution is 7.94. The van der Waals surface area contributed by atoms with Crippen molar-refractivity contribution in [1.82, 2.24) is 0 Å². The molecule has 5 heteroatoms. The highest BCUT2D eigenvalue weighted by atomic mass is 32.2. The van der Waals surface area contributed by atoms with E-state index in [1.807, 2.05) is 0 Å². The monoisotopic (exact) mass is 193 g/mol. The number of nitrogens with two attached hydrogens (primary N) is 1. The normalized spacial score (nSPS) is 22.3. The fraction of sp³-hybridized carbons (Fsp3) is 0.833. The first-order valence-electron chi connectivity index (χ1n) is 3.40. The van der Waals surface area contributed by atoms with E-state index in [0.717, 1.165) is 6.42 Å². The van der Waals surface area contributed by atoms with E-state index < -0.39 is 14.6 Å². The summed E-state index contributed by atoms with van der Waals surface area (Å²) in [5.41, 5.74) is 5.37. The standard InChI is InChI=1S/C6H11NO2S2/c1-11(8,9)6(5(7)10)3-2-4-6/h2-4H2,1H3,(H2,7,10). The van der Waals surface area contributed by atoms with Gasteiger partial charge in [-0.05, 0) is 19.3 Å². The predicted octanol–water partition coefficient (Wildman–Crippen LogP) is 0.240. The summed E-state index contributed by atoms with van der Waals surface area (Å²) >= 11 is 4.73. The Labute approximate surface area is 71.9 Å². The van der Waals surface area contributed by atoms with Gasteiger partial charge in [0.1, 0.15) is 4.75 Å². The summed E-state index contributed by atoms with van der Waals surface area (Å²) in [6, 6.07) is 0. The van der Waals surface area contributed by atoms with Gasteiger partial charge < -0.3 is 5.73 Å². The maximum absolute atomic E-state index is 11.2. The molecule has 64 valence electrons. The Hall–Kier alpha value is -0.160. The third kappa shape index (κ3) is 1.16. The zero-order valence-electron chi connectivity index (χ0n) is 6.33. The van der Waals surface area contributed by atoms with Crippen molar-refractivity contribution in [3.63, 3.8) is 0 Å². The van der Waals surface area contributed by atoms with Gasteiger partial charge in [0, 0.05) is 6.26 Å². The molecule has 2 N–H and O–H groups in total. The predicted molar refractivity (Wildman–Crippen MR) is 48.2 cm³/mol. The second kappa shape index (κ2) is 2.42. The number of hydrogen-bond acceptors (Lipinski definition) is 3. The molecule has 0 saturated heterocycles. The largest absolute Gasteiger partial charge is 0.392 e.